The minimum Gasteiger partial charge on any atom is -0.494 e. The Morgan fingerprint density at radius 3 is 2.56 bits per heavy atom. The summed E-state index contributed by atoms with van der Waals surface area (Å²) in [6.45, 7) is 2.62. The molecule has 1 aromatic rings. The molecule has 0 N–H and O–H groups in total. The molecule has 0 bridgehead atoms. The van der Waals surface area contributed by atoms with Crippen LogP contribution in [0.4, 0.5) is 4.39 Å². The molecule has 1 fully saturated rings. The lowest BCUT2D eigenvalue weighted by Gasteiger charge is -2.35. The van der Waals surface area contributed by atoms with E-state index in [9.17, 15) is 12.8 Å². The van der Waals surface area contributed by atoms with Crippen LogP contribution in [0.5, 0.6) is 5.75 Å². The Labute approximate surface area is 148 Å². The number of piperazine rings is 1. The third kappa shape index (κ3) is 4.89. The molecule has 25 heavy (non-hydrogen) atoms. The van der Waals surface area contributed by atoms with E-state index < -0.39 is 16.0 Å². The summed E-state index contributed by atoms with van der Waals surface area (Å²) in [4.78, 5) is 2.09. The maximum Gasteiger partial charge on any atom is 0.281 e. The van der Waals surface area contributed by atoms with Crippen LogP contribution in [0.3, 0.4) is 0 Å². The van der Waals surface area contributed by atoms with E-state index >= 15 is 0 Å². The van der Waals surface area contributed by atoms with Crippen molar-refractivity contribution in [2.75, 3.05) is 46.9 Å². The highest BCUT2D eigenvalue weighted by molar-refractivity contribution is 7.86. The van der Waals surface area contributed by atoms with Gasteiger partial charge in [0, 0.05) is 52.7 Å². The van der Waals surface area contributed by atoms with Gasteiger partial charge in [0.2, 0.25) is 0 Å². The number of halogens is 1. The zero-order valence-electron chi connectivity index (χ0n) is 14.5. The average Bonchev–Trinajstić information content (AvgIpc) is 2.60. The average molecular weight is 370 g/mol. The van der Waals surface area contributed by atoms with Crippen molar-refractivity contribution >= 4 is 10.2 Å². The van der Waals surface area contributed by atoms with Crippen LogP contribution in [0.15, 0.2) is 18.2 Å². The topological polar surface area (TPSA) is 76.9 Å². The van der Waals surface area contributed by atoms with Crippen LogP contribution in [-0.4, -0.2) is 68.8 Å². The Balaban J connectivity index is 1.91. The normalized spacial score (nSPS) is 16.8. The van der Waals surface area contributed by atoms with Crippen molar-refractivity contribution < 1.29 is 17.5 Å². The molecule has 2 rings (SSSR count). The molecule has 0 unspecified atom stereocenters. The third-order valence-corrected chi connectivity index (χ3v) is 6.20. The van der Waals surface area contributed by atoms with Gasteiger partial charge in [0.25, 0.3) is 10.2 Å². The molecule has 7 nitrogen and oxygen atoms in total. The first-order valence-corrected chi connectivity index (χ1v) is 9.41. The summed E-state index contributed by atoms with van der Waals surface area (Å²) >= 11 is 0. The monoisotopic (exact) mass is 370 g/mol. The first kappa shape index (κ1) is 19.6. The van der Waals surface area contributed by atoms with Gasteiger partial charge >= 0.3 is 0 Å². The zero-order chi connectivity index (χ0) is 18.4. The van der Waals surface area contributed by atoms with Crippen molar-refractivity contribution in [2.45, 2.75) is 13.0 Å². The van der Waals surface area contributed by atoms with Gasteiger partial charge < -0.3 is 4.74 Å². The molecule has 1 saturated heterocycles. The van der Waals surface area contributed by atoms with Crippen LogP contribution in [0.2, 0.25) is 0 Å². The highest BCUT2D eigenvalue weighted by Gasteiger charge is 2.30. The van der Waals surface area contributed by atoms with Crippen LogP contribution >= 0.6 is 0 Å². The Morgan fingerprint density at radius 1 is 1.32 bits per heavy atom. The highest BCUT2D eigenvalue weighted by Crippen LogP contribution is 2.19. The van der Waals surface area contributed by atoms with Gasteiger partial charge in [-0.2, -0.15) is 22.3 Å². The summed E-state index contributed by atoms with van der Waals surface area (Å²) in [5.41, 5.74) is 0.820. The van der Waals surface area contributed by atoms with Gasteiger partial charge in [-0.05, 0) is 17.7 Å². The van der Waals surface area contributed by atoms with Gasteiger partial charge in [-0.25, -0.2) is 4.39 Å². The Morgan fingerprint density at radius 2 is 2.00 bits per heavy atom. The Bertz CT molecular complexity index is 727. The second-order valence-corrected chi connectivity index (χ2v) is 7.92. The minimum absolute atomic E-state index is 0.165. The smallest absolute Gasteiger partial charge is 0.281 e. The molecule has 0 aliphatic carbocycles. The molecule has 0 aromatic heterocycles. The molecule has 0 radical (unpaired) electrons. The molecule has 138 valence electrons. The fourth-order valence-electron chi connectivity index (χ4n) is 2.70. The molecule has 0 spiro atoms. The van der Waals surface area contributed by atoms with Crippen molar-refractivity contribution in [1.82, 2.24) is 13.5 Å². The fraction of sp³-hybridized carbons (Fsp3) is 0.562. The second-order valence-electron chi connectivity index (χ2n) is 5.88. The largest absolute Gasteiger partial charge is 0.494 e. The van der Waals surface area contributed by atoms with Crippen molar-refractivity contribution in [3.05, 3.63) is 29.6 Å². The molecule has 1 aliphatic rings. The molecule has 1 heterocycles. The molecular formula is C16H23FN4O3S. The SMILES string of the molecule is COc1ccc(CN2CCN(S(=O)(=O)N(C)CCC#N)CC2)cc1F. The summed E-state index contributed by atoms with van der Waals surface area (Å²) in [5, 5.41) is 8.59. The van der Waals surface area contributed by atoms with Gasteiger partial charge in [-0.15, -0.1) is 0 Å². The molecule has 0 atom stereocenters. The van der Waals surface area contributed by atoms with E-state index in [2.05, 4.69) is 4.90 Å². The summed E-state index contributed by atoms with van der Waals surface area (Å²) in [5.74, 6) is -0.194. The van der Waals surface area contributed by atoms with E-state index in [1.807, 2.05) is 6.07 Å². The molecule has 0 amide bonds. The molecule has 9 heteroatoms. The van der Waals surface area contributed by atoms with Crippen molar-refractivity contribution in [1.29, 1.82) is 5.26 Å². The highest BCUT2D eigenvalue weighted by atomic mass is 32.2. The van der Waals surface area contributed by atoms with E-state index in [0.717, 1.165) is 5.56 Å². The van der Waals surface area contributed by atoms with E-state index in [1.54, 1.807) is 12.1 Å². The summed E-state index contributed by atoms with van der Waals surface area (Å²) < 4.78 is 46.2. The lowest BCUT2D eigenvalue weighted by molar-refractivity contribution is 0.176. The maximum absolute atomic E-state index is 13.8. The first-order chi connectivity index (χ1) is 11.9. The number of hydrogen-bond acceptors (Lipinski definition) is 5. The van der Waals surface area contributed by atoms with E-state index in [-0.39, 0.29) is 18.7 Å². The number of methoxy groups -OCH3 is 1. The van der Waals surface area contributed by atoms with E-state index in [1.165, 1.54) is 28.8 Å². The van der Waals surface area contributed by atoms with Crippen LogP contribution in [-0.2, 0) is 16.8 Å². The van der Waals surface area contributed by atoms with Gasteiger partial charge in [-0.1, -0.05) is 6.07 Å². The Hall–Kier alpha value is -1.73. The number of hydrogen-bond donors (Lipinski definition) is 0. The number of rotatable bonds is 7. The standard InChI is InChI=1S/C16H23FN4O3S/c1-19(7-3-6-18)25(22,23)21-10-8-20(9-11-21)13-14-4-5-16(24-2)15(17)12-14/h4-5,12H,3,7-11,13H2,1-2H3. The molecule has 0 saturated carbocycles. The number of nitrogens with zero attached hydrogens (tertiary/aromatic N) is 4. The predicted octanol–water partition coefficient (Wildman–Crippen LogP) is 1.04. The van der Waals surface area contributed by atoms with Gasteiger partial charge in [-0.3, -0.25) is 4.90 Å². The molecular weight excluding hydrogens is 347 g/mol. The van der Waals surface area contributed by atoms with Crippen LogP contribution in [0.25, 0.3) is 0 Å². The summed E-state index contributed by atoms with van der Waals surface area (Å²) in [6, 6.07) is 6.79. The number of benzene rings is 1. The van der Waals surface area contributed by atoms with Crippen LogP contribution in [0, 0.1) is 17.1 Å². The summed E-state index contributed by atoms with van der Waals surface area (Å²) in [7, 11) is -0.627. The second kappa shape index (κ2) is 8.58. The Kier molecular flexibility index (Phi) is 6.72. The third-order valence-electron chi connectivity index (χ3n) is 4.21. The molecule has 1 aromatic carbocycles. The van der Waals surface area contributed by atoms with Crippen LogP contribution in [0.1, 0.15) is 12.0 Å². The lowest BCUT2D eigenvalue weighted by atomic mass is 10.2. The fourth-order valence-corrected chi connectivity index (χ4v) is 4.05. The van der Waals surface area contributed by atoms with Gasteiger partial charge in [0.05, 0.1) is 13.2 Å². The van der Waals surface area contributed by atoms with Gasteiger partial charge in [0.15, 0.2) is 11.6 Å². The molecule has 1 aliphatic heterocycles. The maximum atomic E-state index is 13.8. The predicted molar refractivity (Wildman–Crippen MR) is 91.6 cm³/mol. The quantitative estimate of drug-likeness (QED) is 0.717. The number of nitriles is 1. The zero-order valence-corrected chi connectivity index (χ0v) is 15.3. The van der Waals surface area contributed by atoms with Crippen LogP contribution < -0.4 is 4.74 Å². The van der Waals surface area contributed by atoms with Gasteiger partial charge in [0.1, 0.15) is 0 Å². The van der Waals surface area contributed by atoms with Crippen molar-refractivity contribution in [2.24, 2.45) is 0 Å². The van der Waals surface area contributed by atoms with Crippen molar-refractivity contribution in [3.8, 4) is 11.8 Å². The van der Waals surface area contributed by atoms with E-state index in [0.29, 0.717) is 32.7 Å². The minimum atomic E-state index is -3.53. The summed E-state index contributed by atoms with van der Waals surface area (Å²) in [6.07, 6.45) is 0.165. The van der Waals surface area contributed by atoms with E-state index in [4.69, 9.17) is 10.00 Å². The first-order valence-electron chi connectivity index (χ1n) is 8.01. The lowest BCUT2D eigenvalue weighted by Crippen LogP contribution is -2.52. The van der Waals surface area contributed by atoms with Crippen molar-refractivity contribution in [3.63, 3.8) is 0 Å². The number of ether oxygens (including phenoxy) is 1.